The Morgan fingerprint density at radius 3 is 2.03 bits per heavy atom. The summed E-state index contributed by atoms with van der Waals surface area (Å²) >= 11 is 0. The summed E-state index contributed by atoms with van der Waals surface area (Å²) in [6.07, 6.45) is 0.300. The summed E-state index contributed by atoms with van der Waals surface area (Å²) in [4.78, 5) is 54.2. The monoisotopic (exact) mass is 783 g/mol. The Morgan fingerprint density at radius 2 is 1.41 bits per heavy atom. The highest BCUT2D eigenvalue weighted by atomic mass is 16.5. The maximum Gasteiger partial charge on any atom is 0.407 e. The van der Waals surface area contributed by atoms with Crippen LogP contribution in [0.2, 0.25) is 0 Å². The van der Waals surface area contributed by atoms with Gasteiger partial charge in [-0.1, -0.05) is 66.7 Å². The minimum absolute atomic E-state index is 0.0327. The van der Waals surface area contributed by atoms with Crippen LogP contribution in [0.15, 0.2) is 102 Å². The second kappa shape index (κ2) is 17.1. The van der Waals surface area contributed by atoms with Gasteiger partial charge in [0.05, 0.1) is 40.2 Å². The molecule has 2 aliphatic carbocycles. The van der Waals surface area contributed by atoms with E-state index in [2.05, 4.69) is 28.1 Å². The molecule has 0 aliphatic heterocycles. The number of carbonyl (C=O) groups is 3. The average Bonchev–Trinajstić information content (AvgIpc) is 3.37. The van der Waals surface area contributed by atoms with Gasteiger partial charge >= 0.3 is 6.09 Å². The quantitative estimate of drug-likeness (QED) is 0.122. The summed E-state index contributed by atoms with van der Waals surface area (Å²) in [6.45, 7) is 1.47. The van der Waals surface area contributed by atoms with Crippen molar-refractivity contribution in [2.45, 2.75) is 44.2 Å². The number of benzene rings is 4. The number of carbonyl (C=O) groups excluding carboxylic acids is 3. The van der Waals surface area contributed by atoms with Gasteiger partial charge in [0.1, 0.15) is 18.4 Å². The summed E-state index contributed by atoms with van der Waals surface area (Å²) in [5.74, 6) is 0.799. The predicted molar refractivity (Wildman–Crippen MR) is 220 cm³/mol. The molecule has 58 heavy (non-hydrogen) atoms. The SMILES string of the molecule is COc1ccc(CC(NC(=O)OCC2c3ccccc3-c3ccccc32)C(=O)Nc2ccc3c(cc2=O)[C@@H](NC(C)=O)CCc2cc(OC)c(OC)c(OC)c2-3)cc1. The molecular weight excluding hydrogens is 739 g/mol. The molecule has 0 heterocycles. The Kier molecular flexibility index (Phi) is 11.6. The van der Waals surface area contributed by atoms with E-state index < -0.39 is 29.5 Å². The smallest absolute Gasteiger partial charge is 0.407 e. The fraction of sp³-hybridized carbons (Fsp3) is 0.261. The van der Waals surface area contributed by atoms with Crippen LogP contribution in [0.4, 0.5) is 10.5 Å². The molecule has 5 aromatic carbocycles. The number of aryl methyl sites for hydroxylation is 1. The third-order valence-electron chi connectivity index (χ3n) is 10.7. The van der Waals surface area contributed by atoms with Crippen molar-refractivity contribution < 1.29 is 38.1 Å². The minimum Gasteiger partial charge on any atom is -0.497 e. The first-order chi connectivity index (χ1) is 28.1. The van der Waals surface area contributed by atoms with Gasteiger partial charge in [-0.3, -0.25) is 14.4 Å². The Hall–Kier alpha value is -6.82. The molecule has 0 aromatic heterocycles. The number of amides is 3. The second-order valence-corrected chi connectivity index (χ2v) is 14.2. The standard InChI is InChI=1S/C46H45N3O9/c1-26(50)47-37-20-16-28-23-41(55-3)43(56-4)44(57-5)42(28)34-19-21-38(40(51)24-35(34)37)48-45(52)39(22-27-14-17-29(54-2)18-15-27)49-46(53)58-25-36-32-12-8-6-10-30(32)31-11-7-9-13-33(31)36/h6-15,17-19,21,23-24,36-37,39H,16,20,22,25H2,1-5H3,(H,47,50)(H,49,53)(H,48,51,52)/t37-,39?/m0/s1. The summed E-state index contributed by atoms with van der Waals surface area (Å²) in [5, 5.41) is 8.53. The molecule has 0 spiro atoms. The van der Waals surface area contributed by atoms with Gasteiger partial charge in [0.25, 0.3) is 0 Å². The molecule has 12 nitrogen and oxygen atoms in total. The topological polar surface area (TPSA) is 151 Å². The van der Waals surface area contributed by atoms with Crippen LogP contribution in [-0.4, -0.2) is 59.0 Å². The van der Waals surface area contributed by atoms with Crippen molar-refractivity contribution in [2.75, 3.05) is 40.4 Å². The Bertz CT molecular complexity index is 2390. The lowest BCUT2D eigenvalue weighted by Crippen LogP contribution is -2.46. The van der Waals surface area contributed by atoms with Gasteiger partial charge in [-0.2, -0.15) is 0 Å². The lowest BCUT2D eigenvalue weighted by Gasteiger charge is -2.20. The zero-order valence-corrected chi connectivity index (χ0v) is 33.0. The van der Waals surface area contributed by atoms with E-state index in [9.17, 15) is 19.2 Å². The van der Waals surface area contributed by atoms with Crippen LogP contribution in [-0.2, 0) is 27.2 Å². The molecule has 0 radical (unpaired) electrons. The third-order valence-corrected chi connectivity index (χ3v) is 10.7. The molecular formula is C46H45N3O9. The van der Waals surface area contributed by atoms with Crippen LogP contribution in [0.25, 0.3) is 22.3 Å². The lowest BCUT2D eigenvalue weighted by molar-refractivity contribution is -0.120. The molecule has 1 unspecified atom stereocenters. The zero-order valence-electron chi connectivity index (χ0n) is 33.0. The number of nitrogens with one attached hydrogen (secondary N) is 3. The van der Waals surface area contributed by atoms with Gasteiger partial charge in [0.15, 0.2) is 11.5 Å². The van der Waals surface area contributed by atoms with Crippen LogP contribution in [0.1, 0.15) is 53.1 Å². The molecule has 298 valence electrons. The number of hydrogen-bond acceptors (Lipinski definition) is 9. The predicted octanol–water partition coefficient (Wildman–Crippen LogP) is 6.96. The molecule has 0 fully saturated rings. The van der Waals surface area contributed by atoms with E-state index in [0.29, 0.717) is 52.5 Å². The van der Waals surface area contributed by atoms with Crippen molar-refractivity contribution in [3.8, 4) is 45.3 Å². The first kappa shape index (κ1) is 39.4. The van der Waals surface area contributed by atoms with Crippen molar-refractivity contribution in [2.24, 2.45) is 0 Å². The van der Waals surface area contributed by atoms with Gasteiger partial charge in [-0.15, -0.1) is 0 Å². The number of ether oxygens (including phenoxy) is 5. The molecule has 0 saturated carbocycles. The number of methoxy groups -OCH3 is 4. The molecule has 2 atom stereocenters. The van der Waals surface area contributed by atoms with E-state index >= 15 is 0 Å². The Labute approximate surface area is 336 Å². The van der Waals surface area contributed by atoms with Gasteiger partial charge in [0, 0.05) is 24.8 Å². The summed E-state index contributed by atoms with van der Waals surface area (Å²) in [6, 6.07) is 28.0. The highest BCUT2D eigenvalue weighted by molar-refractivity contribution is 5.97. The normalized spacial score (nSPS) is 14.3. The van der Waals surface area contributed by atoms with Crippen LogP contribution in [0.3, 0.4) is 0 Å². The minimum atomic E-state index is -1.14. The number of alkyl carbamates (subject to hydrolysis) is 1. The Balaban J connectivity index is 1.20. The van der Waals surface area contributed by atoms with Crippen molar-refractivity contribution in [1.82, 2.24) is 10.6 Å². The van der Waals surface area contributed by atoms with E-state index in [0.717, 1.165) is 33.4 Å². The first-order valence-electron chi connectivity index (χ1n) is 19.0. The third kappa shape index (κ3) is 7.90. The van der Waals surface area contributed by atoms with Gasteiger partial charge in [0.2, 0.25) is 23.0 Å². The Morgan fingerprint density at radius 1 is 0.741 bits per heavy atom. The largest absolute Gasteiger partial charge is 0.497 e. The fourth-order valence-electron chi connectivity index (χ4n) is 8.02. The average molecular weight is 784 g/mol. The molecule has 3 N–H and O–H groups in total. The van der Waals surface area contributed by atoms with Crippen LogP contribution in [0.5, 0.6) is 23.0 Å². The molecule has 0 saturated heterocycles. The molecule has 12 heteroatoms. The van der Waals surface area contributed by atoms with Crippen molar-refractivity contribution >= 4 is 23.6 Å². The van der Waals surface area contributed by atoms with E-state index in [1.54, 1.807) is 37.4 Å². The first-order valence-corrected chi connectivity index (χ1v) is 19.0. The van der Waals surface area contributed by atoms with E-state index in [1.807, 2.05) is 42.5 Å². The second-order valence-electron chi connectivity index (χ2n) is 14.2. The van der Waals surface area contributed by atoms with Gasteiger partial charge < -0.3 is 39.6 Å². The fourth-order valence-corrected chi connectivity index (χ4v) is 8.02. The number of rotatable bonds is 12. The van der Waals surface area contributed by atoms with Gasteiger partial charge in [-0.25, -0.2) is 4.79 Å². The highest BCUT2D eigenvalue weighted by Gasteiger charge is 2.32. The maximum atomic E-state index is 14.2. The molecule has 2 aliphatic rings. The van der Waals surface area contributed by atoms with E-state index in [1.165, 1.54) is 40.4 Å². The summed E-state index contributed by atoms with van der Waals surface area (Å²) < 4.78 is 28.3. The molecule has 7 rings (SSSR count). The molecule has 0 bridgehead atoms. The number of fused-ring (bicyclic) bond motifs is 6. The van der Waals surface area contributed by atoms with Crippen molar-refractivity contribution in [1.29, 1.82) is 0 Å². The number of anilines is 1. The zero-order chi connectivity index (χ0) is 40.9. The van der Waals surface area contributed by atoms with Crippen LogP contribution < -0.4 is 40.3 Å². The molecule has 5 aromatic rings. The summed E-state index contributed by atoms with van der Waals surface area (Å²) in [7, 11) is 6.13. The van der Waals surface area contributed by atoms with E-state index in [-0.39, 0.29) is 30.5 Å². The van der Waals surface area contributed by atoms with Crippen molar-refractivity contribution in [3.63, 3.8) is 0 Å². The van der Waals surface area contributed by atoms with E-state index in [4.69, 9.17) is 23.7 Å². The highest BCUT2D eigenvalue weighted by Crippen LogP contribution is 2.50. The van der Waals surface area contributed by atoms with Gasteiger partial charge in [-0.05, 0) is 87.7 Å². The molecule has 3 amide bonds. The van der Waals surface area contributed by atoms with Crippen LogP contribution >= 0.6 is 0 Å². The summed E-state index contributed by atoms with van der Waals surface area (Å²) in [5.41, 5.74) is 7.17. The lowest BCUT2D eigenvalue weighted by atomic mass is 9.95. The maximum absolute atomic E-state index is 14.2. The van der Waals surface area contributed by atoms with Crippen molar-refractivity contribution in [3.05, 3.63) is 135 Å². The van der Waals surface area contributed by atoms with Crippen LogP contribution in [0, 0.1) is 0 Å². The number of hydrogen-bond donors (Lipinski definition) is 3.